The van der Waals surface area contributed by atoms with E-state index >= 15 is 0 Å². The molecule has 2 aliphatic heterocycles. The highest BCUT2D eigenvalue weighted by molar-refractivity contribution is 5.92. The number of anilines is 1. The quantitative estimate of drug-likeness (QED) is 0.467. The van der Waals surface area contributed by atoms with Crippen molar-refractivity contribution in [1.82, 2.24) is 24.6 Å². The number of pyridine rings is 1. The number of carbonyl (C=O) groups is 1. The fraction of sp³-hybridized carbons (Fsp3) is 0.500. The summed E-state index contributed by atoms with van der Waals surface area (Å²) in [5.74, 6) is -5.44. The van der Waals surface area contributed by atoms with Gasteiger partial charge in [0.15, 0.2) is 11.6 Å². The minimum atomic E-state index is -4.62. The van der Waals surface area contributed by atoms with Gasteiger partial charge in [0.2, 0.25) is 11.7 Å². The standard InChI is InChI=1S/C24H24F6N6O/c1-13-11-34(20-16-4-3-14(23(2,26)27)9-18(16)31-10-17(20)25)6-5-15(13)21(37)35-7-8-36-19(12-35)32-33-22(36)24(28,29)30/h3-4,9-10,13,15H,5-8,11-12H2,1-2H3/t13-,15+/m1/s1. The van der Waals surface area contributed by atoms with E-state index in [0.717, 1.165) is 17.7 Å². The van der Waals surface area contributed by atoms with E-state index in [4.69, 9.17) is 0 Å². The number of piperidine rings is 1. The van der Waals surface area contributed by atoms with E-state index < -0.39 is 29.7 Å². The third-order valence-corrected chi connectivity index (χ3v) is 7.16. The second kappa shape index (κ2) is 8.88. The third kappa shape index (κ3) is 4.59. The predicted octanol–water partition coefficient (Wildman–Crippen LogP) is 4.60. The molecule has 1 saturated heterocycles. The van der Waals surface area contributed by atoms with Gasteiger partial charge in [0, 0.05) is 50.0 Å². The van der Waals surface area contributed by atoms with Crippen LogP contribution in [0.2, 0.25) is 0 Å². The maximum Gasteiger partial charge on any atom is 0.451 e. The molecule has 0 bridgehead atoms. The van der Waals surface area contributed by atoms with Crippen molar-refractivity contribution in [3.63, 3.8) is 0 Å². The fourth-order valence-corrected chi connectivity index (χ4v) is 5.25. The molecule has 4 heterocycles. The van der Waals surface area contributed by atoms with Crippen molar-refractivity contribution in [2.24, 2.45) is 11.8 Å². The number of rotatable bonds is 3. The van der Waals surface area contributed by atoms with Crippen molar-refractivity contribution in [3.8, 4) is 0 Å². The van der Waals surface area contributed by atoms with Gasteiger partial charge in [-0.05, 0) is 18.4 Å². The molecule has 0 N–H and O–H groups in total. The van der Waals surface area contributed by atoms with Crippen molar-refractivity contribution in [3.05, 3.63) is 47.4 Å². The lowest BCUT2D eigenvalue weighted by Crippen LogP contribution is -2.49. The van der Waals surface area contributed by atoms with Gasteiger partial charge in [-0.15, -0.1) is 10.2 Å². The average molecular weight is 526 g/mol. The highest BCUT2D eigenvalue weighted by atomic mass is 19.4. The number of hydrogen-bond acceptors (Lipinski definition) is 5. The number of aromatic nitrogens is 4. The number of fused-ring (bicyclic) bond motifs is 2. The summed E-state index contributed by atoms with van der Waals surface area (Å²) in [6.07, 6.45) is -3.22. The van der Waals surface area contributed by atoms with E-state index in [1.165, 1.54) is 23.1 Å². The van der Waals surface area contributed by atoms with Gasteiger partial charge in [0.25, 0.3) is 5.92 Å². The summed E-state index contributed by atoms with van der Waals surface area (Å²) in [4.78, 5) is 20.6. The zero-order chi connectivity index (χ0) is 26.7. The Hall–Kier alpha value is -3.38. The number of halogens is 6. The first kappa shape index (κ1) is 25.3. The number of nitrogens with zero attached hydrogens (tertiary/aromatic N) is 6. The van der Waals surface area contributed by atoms with Crippen LogP contribution in [0.25, 0.3) is 10.9 Å². The van der Waals surface area contributed by atoms with Crippen LogP contribution in [-0.2, 0) is 30.0 Å². The molecule has 1 amide bonds. The van der Waals surface area contributed by atoms with Crippen molar-refractivity contribution in [1.29, 1.82) is 0 Å². The topological polar surface area (TPSA) is 67.2 Å². The largest absolute Gasteiger partial charge is 0.451 e. The van der Waals surface area contributed by atoms with Crippen molar-refractivity contribution >= 4 is 22.5 Å². The second-order valence-corrected chi connectivity index (χ2v) is 9.74. The Kier molecular flexibility index (Phi) is 6.06. The maximum absolute atomic E-state index is 14.9. The summed E-state index contributed by atoms with van der Waals surface area (Å²) in [7, 11) is 0. The molecule has 0 spiro atoms. The van der Waals surface area contributed by atoms with Gasteiger partial charge in [-0.1, -0.05) is 19.1 Å². The van der Waals surface area contributed by atoms with Gasteiger partial charge >= 0.3 is 6.18 Å². The van der Waals surface area contributed by atoms with E-state index in [1.807, 2.05) is 6.92 Å². The first-order valence-corrected chi connectivity index (χ1v) is 11.8. The third-order valence-electron chi connectivity index (χ3n) is 7.16. The molecule has 2 aliphatic rings. The lowest BCUT2D eigenvalue weighted by Gasteiger charge is -2.40. The summed E-state index contributed by atoms with van der Waals surface area (Å²) in [6.45, 7) is 3.30. The molecule has 7 nitrogen and oxygen atoms in total. The second-order valence-electron chi connectivity index (χ2n) is 9.74. The van der Waals surface area contributed by atoms with Crippen LogP contribution in [0.1, 0.15) is 37.5 Å². The molecule has 0 unspecified atom stereocenters. The Morgan fingerprint density at radius 2 is 1.84 bits per heavy atom. The van der Waals surface area contributed by atoms with Crippen LogP contribution in [0.5, 0.6) is 0 Å². The highest BCUT2D eigenvalue weighted by Crippen LogP contribution is 2.37. The summed E-state index contributed by atoms with van der Waals surface area (Å²) in [5.41, 5.74) is 0.277. The van der Waals surface area contributed by atoms with E-state index in [9.17, 15) is 31.1 Å². The van der Waals surface area contributed by atoms with Crippen LogP contribution in [0.3, 0.4) is 0 Å². The molecule has 3 aromatic rings. The summed E-state index contributed by atoms with van der Waals surface area (Å²) < 4.78 is 82.8. The number of hydrogen-bond donors (Lipinski definition) is 0. The molecule has 2 aromatic heterocycles. The minimum absolute atomic E-state index is 0.0524. The molecule has 1 aromatic carbocycles. The van der Waals surface area contributed by atoms with Gasteiger partial charge in [0.1, 0.15) is 0 Å². The summed E-state index contributed by atoms with van der Waals surface area (Å²) >= 11 is 0. The van der Waals surface area contributed by atoms with E-state index in [1.54, 1.807) is 4.90 Å². The predicted molar refractivity (Wildman–Crippen MR) is 121 cm³/mol. The normalized spacial score (nSPS) is 20.9. The van der Waals surface area contributed by atoms with Crippen LogP contribution >= 0.6 is 0 Å². The Morgan fingerprint density at radius 3 is 2.51 bits per heavy atom. The van der Waals surface area contributed by atoms with Gasteiger partial charge in [-0.3, -0.25) is 9.78 Å². The summed E-state index contributed by atoms with van der Waals surface area (Å²) in [6, 6.07) is 3.94. The van der Waals surface area contributed by atoms with Crippen LogP contribution in [0.4, 0.5) is 32.0 Å². The monoisotopic (exact) mass is 526 g/mol. The number of amides is 1. The van der Waals surface area contributed by atoms with Crippen molar-refractivity contribution < 1.29 is 31.1 Å². The zero-order valence-electron chi connectivity index (χ0n) is 20.1. The molecular formula is C24H24F6N6O. The Bertz CT molecular complexity index is 1350. The lowest BCUT2D eigenvalue weighted by atomic mass is 9.85. The number of carbonyl (C=O) groups excluding carboxylic acids is 1. The summed E-state index contributed by atoms with van der Waals surface area (Å²) in [5, 5.41) is 7.28. The molecular weight excluding hydrogens is 502 g/mol. The van der Waals surface area contributed by atoms with Crippen molar-refractivity contribution in [2.45, 2.75) is 45.5 Å². The van der Waals surface area contributed by atoms with Gasteiger partial charge in [0.05, 0.1) is 23.9 Å². The fourth-order valence-electron chi connectivity index (χ4n) is 5.25. The van der Waals surface area contributed by atoms with Crippen LogP contribution in [0.15, 0.2) is 24.4 Å². The molecule has 1 fully saturated rings. The Balaban J connectivity index is 1.32. The van der Waals surface area contributed by atoms with E-state index in [0.29, 0.717) is 24.9 Å². The molecule has 2 atom stereocenters. The van der Waals surface area contributed by atoms with Crippen LogP contribution in [0, 0.1) is 17.7 Å². The first-order chi connectivity index (χ1) is 17.3. The van der Waals surface area contributed by atoms with Gasteiger partial charge in [-0.25, -0.2) is 13.2 Å². The smallest absolute Gasteiger partial charge is 0.368 e. The van der Waals surface area contributed by atoms with Gasteiger partial charge in [-0.2, -0.15) is 13.2 Å². The SMILES string of the molecule is C[C@@H]1CN(c2c(F)cnc3cc(C(C)(F)F)ccc23)CC[C@@H]1C(=O)N1CCn2c(nnc2C(F)(F)F)C1. The minimum Gasteiger partial charge on any atom is -0.368 e. The number of benzene rings is 1. The maximum atomic E-state index is 14.9. The molecule has 0 aliphatic carbocycles. The molecule has 0 saturated carbocycles. The molecule has 0 radical (unpaired) electrons. The molecule has 37 heavy (non-hydrogen) atoms. The van der Waals surface area contributed by atoms with Crippen molar-refractivity contribution in [2.75, 3.05) is 24.5 Å². The van der Waals surface area contributed by atoms with E-state index in [-0.39, 0.29) is 54.1 Å². The Labute approximate surface area is 208 Å². The average Bonchev–Trinajstić information content (AvgIpc) is 3.26. The first-order valence-electron chi connectivity index (χ1n) is 11.8. The van der Waals surface area contributed by atoms with Gasteiger partial charge < -0.3 is 14.4 Å². The Morgan fingerprint density at radius 1 is 1.08 bits per heavy atom. The number of alkyl halides is 5. The highest BCUT2D eigenvalue weighted by Gasteiger charge is 2.41. The van der Waals surface area contributed by atoms with Crippen LogP contribution < -0.4 is 4.90 Å². The lowest BCUT2D eigenvalue weighted by molar-refractivity contribution is -0.148. The molecule has 13 heteroatoms. The zero-order valence-corrected chi connectivity index (χ0v) is 20.1. The molecule has 5 rings (SSSR count). The molecule has 198 valence electrons. The van der Waals surface area contributed by atoms with Crippen LogP contribution in [-0.4, -0.2) is 50.2 Å². The van der Waals surface area contributed by atoms with E-state index in [2.05, 4.69) is 15.2 Å².